The van der Waals surface area contributed by atoms with Crippen LogP contribution in [0.15, 0.2) is 30.3 Å². The van der Waals surface area contributed by atoms with E-state index in [0.717, 1.165) is 26.1 Å². The summed E-state index contributed by atoms with van der Waals surface area (Å²) in [6.07, 6.45) is 3.58. The number of nitrogens with one attached hydrogen (secondary N) is 2. The Labute approximate surface area is 176 Å². The Morgan fingerprint density at radius 3 is 2.66 bits per heavy atom. The monoisotopic (exact) mass is 397 g/mol. The normalized spacial score (nSPS) is 34.0. The number of hydrogen-bond donors (Lipinski definition) is 2. The van der Waals surface area contributed by atoms with Crippen molar-refractivity contribution in [3.05, 3.63) is 35.9 Å². The second-order valence-corrected chi connectivity index (χ2v) is 10.5. The first-order valence-electron chi connectivity index (χ1n) is 11.7. The Morgan fingerprint density at radius 1 is 1.21 bits per heavy atom. The van der Waals surface area contributed by atoms with Gasteiger partial charge < -0.3 is 10.6 Å². The minimum absolute atomic E-state index is 0.233. The molecule has 1 saturated carbocycles. The van der Waals surface area contributed by atoms with Crippen molar-refractivity contribution in [2.24, 2.45) is 29.6 Å². The number of likely N-dealkylation sites (tertiary alicyclic amines) is 1. The molecule has 3 aliphatic heterocycles. The number of piperidine rings is 3. The summed E-state index contributed by atoms with van der Waals surface area (Å²) >= 11 is 0. The Balaban J connectivity index is 1.63. The number of carbonyl (C=O) groups is 1. The molecule has 4 aliphatic rings. The van der Waals surface area contributed by atoms with Crippen LogP contribution in [0.25, 0.3) is 0 Å². The second-order valence-electron chi connectivity index (χ2n) is 10.5. The summed E-state index contributed by atoms with van der Waals surface area (Å²) in [6.45, 7) is 13.1. The summed E-state index contributed by atoms with van der Waals surface area (Å²) in [4.78, 5) is 16.5. The zero-order chi connectivity index (χ0) is 20.6. The summed E-state index contributed by atoms with van der Waals surface area (Å²) in [7, 11) is 0. The van der Waals surface area contributed by atoms with Crippen LogP contribution < -0.4 is 10.6 Å². The standard InChI is InChI=1S/C25H39N3O/c1-17(2)12-22-20-13-21-10-11-28(16-18(3)4)23(22)25(21,27-15-20)24(29)26-14-19-8-6-5-7-9-19/h5-9,17-18,20-23,27H,10-16H2,1-4H3,(H,26,29). The molecule has 1 aliphatic carbocycles. The number of carbonyl (C=O) groups excluding carboxylic acids is 1. The van der Waals surface area contributed by atoms with Crippen LogP contribution in [-0.2, 0) is 11.3 Å². The van der Waals surface area contributed by atoms with Crippen LogP contribution in [0.5, 0.6) is 0 Å². The molecule has 3 saturated heterocycles. The Kier molecular flexibility index (Phi) is 6.04. The maximum absolute atomic E-state index is 13.8. The number of amides is 1. The van der Waals surface area contributed by atoms with Crippen LogP contribution in [0.1, 0.15) is 52.5 Å². The predicted molar refractivity (Wildman–Crippen MR) is 118 cm³/mol. The van der Waals surface area contributed by atoms with E-state index < -0.39 is 5.54 Å². The van der Waals surface area contributed by atoms with E-state index >= 15 is 0 Å². The van der Waals surface area contributed by atoms with Gasteiger partial charge in [0.1, 0.15) is 5.54 Å². The van der Waals surface area contributed by atoms with Gasteiger partial charge in [0.15, 0.2) is 0 Å². The smallest absolute Gasteiger partial charge is 0.242 e. The SMILES string of the molecule is CC(C)CC1C2CNC3(C(=O)NCc4ccccc4)C(CCN(CC(C)C)C13)C2. The number of nitrogens with zero attached hydrogens (tertiary/aromatic N) is 1. The maximum atomic E-state index is 13.8. The molecule has 3 heterocycles. The molecule has 160 valence electrons. The van der Waals surface area contributed by atoms with E-state index in [-0.39, 0.29) is 5.91 Å². The number of benzene rings is 1. The molecule has 4 heteroatoms. The van der Waals surface area contributed by atoms with E-state index in [9.17, 15) is 4.79 Å². The fourth-order valence-electron chi connectivity index (χ4n) is 6.58. The topological polar surface area (TPSA) is 44.4 Å². The highest BCUT2D eigenvalue weighted by Gasteiger charge is 2.65. The van der Waals surface area contributed by atoms with E-state index in [1.807, 2.05) is 18.2 Å². The van der Waals surface area contributed by atoms with Gasteiger partial charge in [0.05, 0.1) is 0 Å². The Hall–Kier alpha value is -1.39. The fourth-order valence-corrected chi connectivity index (χ4v) is 6.58. The van der Waals surface area contributed by atoms with Gasteiger partial charge >= 0.3 is 0 Å². The minimum Gasteiger partial charge on any atom is -0.350 e. The van der Waals surface area contributed by atoms with Crippen molar-refractivity contribution in [1.29, 1.82) is 0 Å². The van der Waals surface area contributed by atoms with Gasteiger partial charge in [-0.15, -0.1) is 0 Å². The van der Waals surface area contributed by atoms with Crippen molar-refractivity contribution in [3.63, 3.8) is 0 Å². The van der Waals surface area contributed by atoms with E-state index in [4.69, 9.17) is 0 Å². The predicted octanol–water partition coefficient (Wildman–Crippen LogP) is 3.67. The van der Waals surface area contributed by atoms with Gasteiger partial charge in [0.2, 0.25) is 5.91 Å². The van der Waals surface area contributed by atoms with Crippen molar-refractivity contribution in [3.8, 4) is 0 Å². The van der Waals surface area contributed by atoms with Gasteiger partial charge in [-0.25, -0.2) is 0 Å². The van der Waals surface area contributed by atoms with Crippen LogP contribution in [-0.4, -0.2) is 42.0 Å². The summed E-state index contributed by atoms with van der Waals surface area (Å²) in [5.74, 6) is 3.33. The van der Waals surface area contributed by atoms with Gasteiger partial charge in [-0.1, -0.05) is 58.0 Å². The first-order chi connectivity index (χ1) is 13.9. The highest BCUT2D eigenvalue weighted by Crippen LogP contribution is 2.53. The lowest BCUT2D eigenvalue weighted by atomic mass is 9.52. The molecule has 1 aromatic rings. The van der Waals surface area contributed by atoms with Crippen molar-refractivity contribution < 1.29 is 4.79 Å². The fraction of sp³-hybridized carbons (Fsp3) is 0.720. The molecular formula is C25H39N3O. The highest BCUT2D eigenvalue weighted by atomic mass is 16.2. The largest absolute Gasteiger partial charge is 0.350 e. The van der Waals surface area contributed by atoms with E-state index in [1.165, 1.54) is 18.4 Å². The average molecular weight is 398 g/mol. The first kappa shape index (κ1) is 20.9. The van der Waals surface area contributed by atoms with E-state index in [1.54, 1.807) is 0 Å². The zero-order valence-electron chi connectivity index (χ0n) is 18.7. The summed E-state index contributed by atoms with van der Waals surface area (Å²) in [5, 5.41) is 7.16. The Bertz CT molecular complexity index is 703. The van der Waals surface area contributed by atoms with Crippen LogP contribution in [0.4, 0.5) is 0 Å². The van der Waals surface area contributed by atoms with Crippen molar-refractivity contribution in [2.45, 2.75) is 65.1 Å². The van der Waals surface area contributed by atoms with Crippen molar-refractivity contribution >= 4 is 5.91 Å². The summed E-state index contributed by atoms with van der Waals surface area (Å²) in [6, 6.07) is 10.6. The summed E-state index contributed by atoms with van der Waals surface area (Å²) in [5.41, 5.74) is 0.751. The van der Waals surface area contributed by atoms with Gasteiger partial charge in [0, 0.05) is 19.1 Å². The third kappa shape index (κ3) is 3.86. The third-order valence-corrected chi connectivity index (χ3v) is 7.54. The van der Waals surface area contributed by atoms with Crippen LogP contribution in [0.3, 0.4) is 0 Å². The van der Waals surface area contributed by atoms with Gasteiger partial charge in [-0.05, 0) is 67.5 Å². The molecule has 0 aromatic heterocycles. The molecule has 1 aromatic carbocycles. The van der Waals surface area contributed by atoms with E-state index in [0.29, 0.717) is 42.2 Å². The summed E-state index contributed by atoms with van der Waals surface area (Å²) < 4.78 is 0. The first-order valence-corrected chi connectivity index (χ1v) is 11.7. The molecule has 0 spiro atoms. The number of fused-ring (bicyclic) bond motifs is 1. The van der Waals surface area contributed by atoms with Crippen molar-refractivity contribution in [2.75, 3.05) is 19.6 Å². The lowest BCUT2D eigenvalue weighted by Crippen LogP contribution is -2.82. The molecule has 4 bridgehead atoms. The van der Waals surface area contributed by atoms with Crippen LogP contribution in [0, 0.1) is 29.6 Å². The molecule has 0 radical (unpaired) electrons. The average Bonchev–Trinajstić information content (AvgIpc) is 2.70. The van der Waals surface area contributed by atoms with E-state index in [2.05, 4.69) is 55.4 Å². The molecule has 29 heavy (non-hydrogen) atoms. The van der Waals surface area contributed by atoms with Gasteiger partial charge in [0.25, 0.3) is 0 Å². The Morgan fingerprint density at radius 2 is 1.97 bits per heavy atom. The molecular weight excluding hydrogens is 358 g/mol. The lowest BCUT2D eigenvalue weighted by molar-refractivity contribution is -0.162. The molecule has 5 unspecified atom stereocenters. The maximum Gasteiger partial charge on any atom is 0.242 e. The minimum atomic E-state index is -0.420. The van der Waals surface area contributed by atoms with Gasteiger partial charge in [-0.3, -0.25) is 9.69 Å². The third-order valence-electron chi connectivity index (χ3n) is 7.54. The quantitative estimate of drug-likeness (QED) is 0.738. The second kappa shape index (κ2) is 8.39. The van der Waals surface area contributed by atoms with Crippen LogP contribution in [0.2, 0.25) is 0 Å². The molecule has 5 atom stereocenters. The molecule has 5 rings (SSSR count). The van der Waals surface area contributed by atoms with Crippen molar-refractivity contribution in [1.82, 2.24) is 15.5 Å². The van der Waals surface area contributed by atoms with Gasteiger partial charge in [-0.2, -0.15) is 0 Å². The molecule has 1 amide bonds. The number of rotatable bonds is 7. The number of hydrogen-bond acceptors (Lipinski definition) is 3. The molecule has 4 nitrogen and oxygen atoms in total. The van der Waals surface area contributed by atoms with Crippen LogP contribution >= 0.6 is 0 Å². The lowest BCUT2D eigenvalue weighted by Gasteiger charge is -2.65. The molecule has 2 N–H and O–H groups in total. The highest BCUT2D eigenvalue weighted by molar-refractivity contribution is 5.88. The molecule has 4 fully saturated rings. The zero-order valence-corrected chi connectivity index (χ0v) is 18.7.